The largest absolute Gasteiger partial charge is 0.374 e. The highest BCUT2D eigenvalue weighted by molar-refractivity contribution is 7.90. The normalized spacial score (nSPS) is 27.0. The van der Waals surface area contributed by atoms with Gasteiger partial charge in [-0.3, -0.25) is 9.58 Å². The third-order valence-corrected chi connectivity index (χ3v) is 8.39. The topological polar surface area (TPSA) is 64.4 Å². The molecule has 8 heteroatoms. The SMILES string of the molecule is CCn1nc(C2CCC(N3C[C@H](CS(C)(=O)=O)OC[C@@H]3Cc3ccc(Cl)cc3)CC2)cc1C. The number of nitrogens with zero attached hydrogens (tertiary/aromatic N) is 3. The van der Waals surface area contributed by atoms with Gasteiger partial charge in [0.15, 0.2) is 0 Å². The molecule has 1 aliphatic carbocycles. The van der Waals surface area contributed by atoms with E-state index in [1.807, 2.05) is 12.1 Å². The van der Waals surface area contributed by atoms with Crippen LogP contribution in [0.25, 0.3) is 0 Å². The van der Waals surface area contributed by atoms with Crippen molar-refractivity contribution < 1.29 is 13.2 Å². The quantitative estimate of drug-likeness (QED) is 0.577. The summed E-state index contributed by atoms with van der Waals surface area (Å²) in [5, 5.41) is 5.56. The summed E-state index contributed by atoms with van der Waals surface area (Å²) in [4.78, 5) is 2.54. The van der Waals surface area contributed by atoms with Gasteiger partial charge in [-0.2, -0.15) is 5.10 Å². The Bertz CT molecular complexity index is 1030. The van der Waals surface area contributed by atoms with Crippen molar-refractivity contribution in [3.8, 4) is 0 Å². The van der Waals surface area contributed by atoms with Crippen LogP contribution in [-0.2, 0) is 27.5 Å². The van der Waals surface area contributed by atoms with Crippen LogP contribution < -0.4 is 0 Å². The van der Waals surface area contributed by atoms with Crippen LogP contribution in [0, 0.1) is 6.92 Å². The van der Waals surface area contributed by atoms with Gasteiger partial charge in [0.25, 0.3) is 0 Å². The van der Waals surface area contributed by atoms with Crippen molar-refractivity contribution in [3.05, 3.63) is 52.3 Å². The average Bonchev–Trinajstić information content (AvgIpc) is 3.16. The number of morpholine rings is 1. The minimum Gasteiger partial charge on any atom is -0.374 e. The molecule has 2 atom stereocenters. The summed E-state index contributed by atoms with van der Waals surface area (Å²) in [5.41, 5.74) is 3.69. The Kier molecular flexibility index (Phi) is 7.83. The Morgan fingerprint density at radius 1 is 1.15 bits per heavy atom. The molecule has 1 saturated carbocycles. The van der Waals surface area contributed by atoms with Crippen LogP contribution in [0.2, 0.25) is 5.02 Å². The summed E-state index contributed by atoms with van der Waals surface area (Å²) in [5.74, 6) is 0.593. The molecule has 1 aliphatic heterocycles. The van der Waals surface area contributed by atoms with E-state index >= 15 is 0 Å². The van der Waals surface area contributed by atoms with Gasteiger partial charge < -0.3 is 4.74 Å². The molecule has 0 spiro atoms. The zero-order chi connectivity index (χ0) is 23.6. The minimum absolute atomic E-state index is 0.0836. The number of benzene rings is 1. The van der Waals surface area contributed by atoms with E-state index in [4.69, 9.17) is 21.4 Å². The molecule has 2 aromatic rings. The van der Waals surface area contributed by atoms with E-state index in [2.05, 4.69) is 41.6 Å². The number of aryl methyl sites for hydroxylation is 2. The molecule has 6 nitrogen and oxygen atoms in total. The van der Waals surface area contributed by atoms with Gasteiger partial charge in [0.1, 0.15) is 9.84 Å². The lowest BCUT2D eigenvalue weighted by atomic mass is 9.82. The van der Waals surface area contributed by atoms with Crippen molar-refractivity contribution in [3.63, 3.8) is 0 Å². The minimum atomic E-state index is -3.09. The van der Waals surface area contributed by atoms with E-state index in [9.17, 15) is 8.42 Å². The number of halogens is 1. The zero-order valence-corrected chi connectivity index (χ0v) is 21.5. The predicted octanol–water partition coefficient (Wildman–Crippen LogP) is 4.25. The molecule has 0 N–H and O–H groups in total. The van der Waals surface area contributed by atoms with E-state index in [0.29, 0.717) is 25.1 Å². The van der Waals surface area contributed by atoms with Crippen molar-refractivity contribution in [2.75, 3.05) is 25.2 Å². The fourth-order valence-corrected chi connectivity index (χ4v) is 6.50. The van der Waals surface area contributed by atoms with Crippen LogP contribution in [-0.4, -0.2) is 66.4 Å². The van der Waals surface area contributed by atoms with Crippen molar-refractivity contribution in [1.82, 2.24) is 14.7 Å². The van der Waals surface area contributed by atoms with Crippen LogP contribution in [0.5, 0.6) is 0 Å². The van der Waals surface area contributed by atoms with Crippen molar-refractivity contribution in [1.29, 1.82) is 0 Å². The molecule has 1 saturated heterocycles. The van der Waals surface area contributed by atoms with Gasteiger partial charge in [0.05, 0.1) is 24.2 Å². The fourth-order valence-electron chi connectivity index (χ4n) is 5.49. The molecule has 0 unspecified atom stereocenters. The van der Waals surface area contributed by atoms with Crippen LogP contribution in [0.1, 0.15) is 55.5 Å². The second-order valence-electron chi connectivity index (χ2n) is 9.76. The highest BCUT2D eigenvalue weighted by Crippen LogP contribution is 2.36. The molecule has 0 amide bonds. The first kappa shape index (κ1) is 24.7. The summed E-state index contributed by atoms with van der Waals surface area (Å²) in [6, 6.07) is 10.9. The molecule has 1 aromatic carbocycles. The van der Waals surface area contributed by atoms with Crippen LogP contribution >= 0.6 is 11.6 Å². The summed E-state index contributed by atoms with van der Waals surface area (Å²) in [7, 11) is -3.09. The number of rotatable bonds is 7. The lowest BCUT2D eigenvalue weighted by Crippen LogP contribution is -2.56. The Morgan fingerprint density at radius 3 is 2.45 bits per heavy atom. The number of hydrogen-bond acceptors (Lipinski definition) is 5. The molecule has 2 heterocycles. The molecule has 1 aromatic heterocycles. The molecular formula is C25H36ClN3O3S. The van der Waals surface area contributed by atoms with Gasteiger partial charge in [-0.05, 0) is 69.7 Å². The number of ether oxygens (including phenoxy) is 1. The summed E-state index contributed by atoms with van der Waals surface area (Å²) in [6.45, 7) is 6.39. The van der Waals surface area contributed by atoms with Gasteiger partial charge >= 0.3 is 0 Å². The molecule has 4 rings (SSSR count). The zero-order valence-electron chi connectivity index (χ0n) is 19.9. The maximum atomic E-state index is 11.9. The number of aromatic nitrogens is 2. The third kappa shape index (κ3) is 6.38. The molecule has 2 aliphatic rings. The Hall–Kier alpha value is -1.41. The lowest BCUT2D eigenvalue weighted by Gasteiger charge is -2.46. The van der Waals surface area contributed by atoms with Crippen molar-refractivity contribution in [2.24, 2.45) is 0 Å². The van der Waals surface area contributed by atoms with Gasteiger partial charge in [0, 0.05) is 48.1 Å². The summed E-state index contributed by atoms with van der Waals surface area (Å²) in [6.07, 6.45) is 6.35. The van der Waals surface area contributed by atoms with Gasteiger partial charge in [-0.15, -0.1) is 0 Å². The predicted molar refractivity (Wildman–Crippen MR) is 133 cm³/mol. The first-order valence-electron chi connectivity index (χ1n) is 12.1. The molecular weight excluding hydrogens is 458 g/mol. The Morgan fingerprint density at radius 2 is 1.85 bits per heavy atom. The molecule has 2 fully saturated rings. The molecule has 0 radical (unpaired) electrons. The van der Waals surface area contributed by atoms with Crippen LogP contribution in [0.3, 0.4) is 0 Å². The third-order valence-electron chi connectivity index (χ3n) is 7.16. The summed E-state index contributed by atoms with van der Waals surface area (Å²) < 4.78 is 32.0. The monoisotopic (exact) mass is 493 g/mol. The highest BCUT2D eigenvalue weighted by Gasteiger charge is 2.37. The lowest BCUT2D eigenvalue weighted by molar-refractivity contribution is -0.0755. The van der Waals surface area contributed by atoms with E-state index in [1.54, 1.807) is 0 Å². The van der Waals surface area contributed by atoms with Crippen LogP contribution in [0.15, 0.2) is 30.3 Å². The maximum absolute atomic E-state index is 11.9. The van der Waals surface area contributed by atoms with E-state index < -0.39 is 9.84 Å². The molecule has 33 heavy (non-hydrogen) atoms. The summed E-state index contributed by atoms with van der Waals surface area (Å²) >= 11 is 6.07. The fraction of sp³-hybridized carbons (Fsp3) is 0.640. The molecule has 0 bridgehead atoms. The van der Waals surface area contributed by atoms with Crippen molar-refractivity contribution in [2.45, 2.75) is 76.6 Å². The van der Waals surface area contributed by atoms with E-state index in [0.717, 1.165) is 43.7 Å². The van der Waals surface area contributed by atoms with Crippen LogP contribution in [0.4, 0.5) is 0 Å². The first-order chi connectivity index (χ1) is 15.7. The van der Waals surface area contributed by atoms with Gasteiger partial charge in [-0.1, -0.05) is 23.7 Å². The molecule has 182 valence electrons. The number of sulfone groups is 1. The highest BCUT2D eigenvalue weighted by atomic mass is 35.5. The Labute approximate surface area is 203 Å². The Balaban J connectivity index is 1.45. The maximum Gasteiger partial charge on any atom is 0.150 e. The second-order valence-corrected chi connectivity index (χ2v) is 12.4. The average molecular weight is 494 g/mol. The standard InChI is InChI=1S/C25H36ClN3O3S/c1-4-29-18(2)13-25(27-29)20-7-11-22(12-8-20)28-15-24(17-33(3,30)31)32-16-23(28)14-19-5-9-21(26)10-6-19/h5-6,9-10,13,20,22-24H,4,7-8,11-12,14-17H2,1-3H3/t20?,22?,23-,24+/m0/s1. The first-order valence-corrected chi connectivity index (χ1v) is 14.5. The number of hydrogen-bond donors (Lipinski definition) is 0. The van der Waals surface area contributed by atoms with Gasteiger partial charge in [-0.25, -0.2) is 8.42 Å². The van der Waals surface area contributed by atoms with Crippen molar-refractivity contribution >= 4 is 21.4 Å². The smallest absolute Gasteiger partial charge is 0.150 e. The van der Waals surface area contributed by atoms with E-state index in [1.165, 1.54) is 23.2 Å². The van der Waals surface area contributed by atoms with Gasteiger partial charge in [0.2, 0.25) is 0 Å². The van der Waals surface area contributed by atoms with E-state index in [-0.39, 0.29) is 17.9 Å². The second kappa shape index (κ2) is 10.5.